The van der Waals surface area contributed by atoms with E-state index in [4.69, 9.17) is 4.74 Å². The molecule has 0 aliphatic carbocycles. The standard InChI is InChI=1S/C22H24N4O2S/c1-5-12-26-21(17-8-6-7-9-19(17)28-4)24-25-22(26)29-14-20(27)23-18-13-15(2)10-11-16(18)3/h5-11,13H,1,12,14H2,2-4H3,(H,23,27). The van der Waals surface area contributed by atoms with Crippen LogP contribution in [0.25, 0.3) is 11.4 Å². The third-order valence-corrected chi connectivity index (χ3v) is 5.34. The highest BCUT2D eigenvalue weighted by molar-refractivity contribution is 7.99. The van der Waals surface area contributed by atoms with Gasteiger partial charge >= 0.3 is 0 Å². The number of rotatable bonds is 8. The van der Waals surface area contributed by atoms with Crippen LogP contribution in [0, 0.1) is 13.8 Å². The molecule has 0 unspecified atom stereocenters. The second kappa shape index (κ2) is 9.43. The summed E-state index contributed by atoms with van der Waals surface area (Å²) in [6, 6.07) is 13.6. The van der Waals surface area contributed by atoms with Crippen molar-refractivity contribution in [3.8, 4) is 17.1 Å². The molecule has 0 bridgehead atoms. The summed E-state index contributed by atoms with van der Waals surface area (Å²) in [5, 5.41) is 12.3. The highest BCUT2D eigenvalue weighted by Gasteiger charge is 2.17. The second-order valence-electron chi connectivity index (χ2n) is 6.56. The van der Waals surface area contributed by atoms with E-state index < -0.39 is 0 Å². The zero-order valence-electron chi connectivity index (χ0n) is 16.8. The Morgan fingerprint density at radius 2 is 2.03 bits per heavy atom. The Morgan fingerprint density at radius 3 is 2.79 bits per heavy atom. The number of aromatic nitrogens is 3. The largest absolute Gasteiger partial charge is 0.496 e. The third-order valence-electron chi connectivity index (χ3n) is 4.38. The number of thioether (sulfide) groups is 1. The fourth-order valence-corrected chi connectivity index (χ4v) is 3.65. The first-order valence-corrected chi connectivity index (χ1v) is 10.2. The van der Waals surface area contributed by atoms with Crippen LogP contribution in [-0.2, 0) is 11.3 Å². The molecule has 0 fully saturated rings. The molecule has 1 heterocycles. The molecule has 1 amide bonds. The summed E-state index contributed by atoms with van der Waals surface area (Å²) < 4.78 is 7.38. The lowest BCUT2D eigenvalue weighted by Crippen LogP contribution is -2.15. The maximum atomic E-state index is 12.5. The third kappa shape index (κ3) is 4.86. The number of ether oxygens (including phenoxy) is 1. The van der Waals surface area contributed by atoms with Crippen LogP contribution in [0.15, 0.2) is 60.3 Å². The number of nitrogens with one attached hydrogen (secondary N) is 1. The number of allylic oxidation sites excluding steroid dienone is 1. The van der Waals surface area contributed by atoms with Gasteiger partial charge in [-0.1, -0.05) is 42.1 Å². The van der Waals surface area contributed by atoms with Gasteiger partial charge in [-0.05, 0) is 43.2 Å². The van der Waals surface area contributed by atoms with E-state index in [1.54, 1.807) is 13.2 Å². The van der Waals surface area contributed by atoms with Gasteiger partial charge in [0, 0.05) is 12.2 Å². The van der Waals surface area contributed by atoms with Crippen molar-refractivity contribution in [2.45, 2.75) is 25.5 Å². The topological polar surface area (TPSA) is 69.0 Å². The lowest BCUT2D eigenvalue weighted by Gasteiger charge is -2.11. The molecule has 2 aromatic carbocycles. The number of benzene rings is 2. The first-order chi connectivity index (χ1) is 14.0. The molecule has 7 heteroatoms. The highest BCUT2D eigenvalue weighted by Crippen LogP contribution is 2.31. The number of nitrogens with zero attached hydrogens (tertiary/aromatic N) is 3. The predicted molar refractivity (Wildman–Crippen MR) is 117 cm³/mol. The van der Waals surface area contributed by atoms with E-state index in [0.717, 1.165) is 28.1 Å². The van der Waals surface area contributed by atoms with Crippen molar-refractivity contribution in [2.24, 2.45) is 0 Å². The fraction of sp³-hybridized carbons (Fsp3) is 0.227. The van der Waals surface area contributed by atoms with E-state index in [-0.39, 0.29) is 11.7 Å². The van der Waals surface area contributed by atoms with Crippen LogP contribution in [0.5, 0.6) is 5.75 Å². The summed E-state index contributed by atoms with van der Waals surface area (Å²) >= 11 is 1.34. The fourth-order valence-electron chi connectivity index (χ4n) is 2.90. The molecule has 0 radical (unpaired) electrons. The number of carbonyl (C=O) groups is 1. The molecule has 150 valence electrons. The number of aryl methyl sites for hydroxylation is 2. The van der Waals surface area contributed by atoms with Crippen molar-refractivity contribution in [1.82, 2.24) is 14.8 Å². The molecule has 0 atom stereocenters. The predicted octanol–water partition coefficient (Wildman–Crippen LogP) is 4.49. The number of carbonyl (C=O) groups excluding carboxylic acids is 1. The molecule has 0 saturated carbocycles. The molecule has 0 saturated heterocycles. The monoisotopic (exact) mass is 408 g/mol. The van der Waals surface area contributed by atoms with Gasteiger partial charge in [-0.3, -0.25) is 9.36 Å². The van der Waals surface area contributed by atoms with E-state index in [9.17, 15) is 4.79 Å². The minimum absolute atomic E-state index is 0.0873. The van der Waals surface area contributed by atoms with Crippen LogP contribution >= 0.6 is 11.8 Å². The minimum atomic E-state index is -0.0873. The van der Waals surface area contributed by atoms with Crippen molar-refractivity contribution >= 4 is 23.4 Å². The zero-order chi connectivity index (χ0) is 20.8. The highest BCUT2D eigenvalue weighted by atomic mass is 32.2. The molecule has 1 N–H and O–H groups in total. The molecule has 29 heavy (non-hydrogen) atoms. The Hall–Kier alpha value is -3.06. The number of anilines is 1. The average Bonchev–Trinajstić information content (AvgIpc) is 3.12. The van der Waals surface area contributed by atoms with Gasteiger partial charge in [0.15, 0.2) is 11.0 Å². The first kappa shape index (κ1) is 20.7. The normalized spacial score (nSPS) is 10.6. The number of amides is 1. The second-order valence-corrected chi connectivity index (χ2v) is 7.50. The summed E-state index contributed by atoms with van der Waals surface area (Å²) in [7, 11) is 1.63. The molecule has 0 aliphatic rings. The maximum absolute atomic E-state index is 12.5. The van der Waals surface area contributed by atoms with Gasteiger partial charge in [0.05, 0.1) is 18.4 Å². The molecule has 1 aromatic heterocycles. The molecule has 0 spiro atoms. The Kier molecular flexibility index (Phi) is 6.72. The molecule has 3 rings (SSSR count). The van der Waals surface area contributed by atoms with Gasteiger partial charge in [0.25, 0.3) is 0 Å². The molecule has 6 nitrogen and oxygen atoms in total. The SMILES string of the molecule is C=CCn1c(SCC(=O)Nc2cc(C)ccc2C)nnc1-c1ccccc1OC. The number of hydrogen-bond donors (Lipinski definition) is 1. The van der Waals surface area contributed by atoms with Crippen LogP contribution in [0.2, 0.25) is 0 Å². The van der Waals surface area contributed by atoms with Crippen LogP contribution in [0.4, 0.5) is 5.69 Å². The lowest BCUT2D eigenvalue weighted by molar-refractivity contribution is -0.113. The minimum Gasteiger partial charge on any atom is -0.496 e. The molecule has 3 aromatic rings. The van der Waals surface area contributed by atoms with Crippen molar-refractivity contribution in [3.63, 3.8) is 0 Å². The molecular formula is C22H24N4O2S. The summed E-state index contributed by atoms with van der Waals surface area (Å²) in [4.78, 5) is 12.5. The Balaban J connectivity index is 1.77. The van der Waals surface area contributed by atoms with Gasteiger partial charge in [0.2, 0.25) is 5.91 Å². The molecule has 0 aliphatic heterocycles. The van der Waals surface area contributed by atoms with Gasteiger partial charge in [-0.2, -0.15) is 0 Å². The van der Waals surface area contributed by atoms with Crippen molar-refractivity contribution in [1.29, 1.82) is 0 Å². The van der Waals surface area contributed by atoms with Crippen LogP contribution < -0.4 is 10.1 Å². The number of hydrogen-bond acceptors (Lipinski definition) is 5. The summed E-state index contributed by atoms with van der Waals surface area (Å²) in [6.45, 7) is 8.33. The van der Waals surface area contributed by atoms with Crippen molar-refractivity contribution < 1.29 is 9.53 Å². The van der Waals surface area contributed by atoms with E-state index in [1.807, 2.05) is 60.9 Å². The zero-order valence-corrected chi connectivity index (χ0v) is 17.6. The number of methoxy groups -OCH3 is 1. The van der Waals surface area contributed by atoms with Crippen molar-refractivity contribution in [2.75, 3.05) is 18.2 Å². The molecular weight excluding hydrogens is 384 g/mol. The van der Waals surface area contributed by atoms with Gasteiger partial charge in [0.1, 0.15) is 5.75 Å². The van der Waals surface area contributed by atoms with Crippen LogP contribution in [0.1, 0.15) is 11.1 Å². The Bertz CT molecular complexity index is 1030. The summed E-state index contributed by atoms with van der Waals surface area (Å²) in [6.07, 6.45) is 1.78. The Morgan fingerprint density at radius 1 is 1.24 bits per heavy atom. The maximum Gasteiger partial charge on any atom is 0.234 e. The van der Waals surface area contributed by atoms with Crippen molar-refractivity contribution in [3.05, 3.63) is 66.2 Å². The van der Waals surface area contributed by atoms with E-state index in [2.05, 4.69) is 22.1 Å². The quantitative estimate of drug-likeness (QED) is 0.439. The van der Waals surface area contributed by atoms with Gasteiger partial charge in [-0.15, -0.1) is 16.8 Å². The Labute approximate surface area is 175 Å². The van der Waals surface area contributed by atoms with E-state index in [0.29, 0.717) is 17.5 Å². The number of para-hydroxylation sites is 1. The first-order valence-electron chi connectivity index (χ1n) is 9.21. The van der Waals surface area contributed by atoms with Gasteiger partial charge < -0.3 is 10.1 Å². The summed E-state index contributed by atoms with van der Waals surface area (Å²) in [5.41, 5.74) is 3.81. The van der Waals surface area contributed by atoms with Gasteiger partial charge in [-0.25, -0.2) is 0 Å². The smallest absolute Gasteiger partial charge is 0.234 e. The van der Waals surface area contributed by atoms with E-state index >= 15 is 0 Å². The van der Waals surface area contributed by atoms with E-state index in [1.165, 1.54) is 11.8 Å². The average molecular weight is 409 g/mol. The summed E-state index contributed by atoms with van der Waals surface area (Å²) in [5.74, 6) is 1.54. The van der Waals surface area contributed by atoms with Crippen LogP contribution in [0.3, 0.4) is 0 Å². The van der Waals surface area contributed by atoms with Crippen LogP contribution in [-0.4, -0.2) is 33.5 Å². The lowest BCUT2D eigenvalue weighted by atomic mass is 10.1.